The Morgan fingerprint density at radius 1 is 1.29 bits per heavy atom. The number of carbonyl (C=O) groups excluding carboxylic acids is 1. The van der Waals surface area contributed by atoms with Crippen LogP contribution in [-0.4, -0.2) is 11.9 Å². The van der Waals surface area contributed by atoms with Gasteiger partial charge in [0.1, 0.15) is 0 Å². The highest BCUT2D eigenvalue weighted by Crippen LogP contribution is 1.96. The van der Waals surface area contributed by atoms with E-state index in [4.69, 9.17) is 0 Å². The number of hydrogen-bond acceptors (Lipinski definition) is 1. The highest BCUT2D eigenvalue weighted by Gasteiger charge is 1.93. The minimum atomic E-state index is -0.111. The van der Waals surface area contributed by atoms with Gasteiger partial charge in [0.05, 0.1) is 0 Å². The fourth-order valence-electron chi connectivity index (χ4n) is 0.677. The Kier molecular flexibility index (Phi) is 11.1. The summed E-state index contributed by atoms with van der Waals surface area (Å²) < 4.78 is 0. The molecule has 2 nitrogen and oxygen atoms in total. The van der Waals surface area contributed by atoms with Crippen LogP contribution in [-0.2, 0) is 4.79 Å². The Balaban J connectivity index is 0. The zero-order chi connectivity index (χ0) is 11.6. The van der Waals surface area contributed by atoms with Crippen molar-refractivity contribution < 1.29 is 4.79 Å². The van der Waals surface area contributed by atoms with Crippen molar-refractivity contribution in [1.29, 1.82) is 0 Å². The van der Waals surface area contributed by atoms with E-state index in [2.05, 4.69) is 32.3 Å². The van der Waals surface area contributed by atoms with E-state index in [1.54, 1.807) is 0 Å². The van der Waals surface area contributed by atoms with E-state index in [0.717, 1.165) is 12.3 Å². The minimum absolute atomic E-state index is 0.111. The average molecular weight is 197 g/mol. The molecule has 0 aromatic heterocycles. The lowest BCUT2D eigenvalue weighted by atomic mass is 10.1. The molecule has 0 fully saturated rings. The van der Waals surface area contributed by atoms with Crippen LogP contribution in [0, 0.1) is 5.92 Å². The van der Waals surface area contributed by atoms with E-state index in [0.29, 0.717) is 0 Å². The van der Waals surface area contributed by atoms with Crippen LogP contribution in [0.25, 0.3) is 0 Å². The molecular formula is C12H23NO. The SMILES string of the molecule is C=CC(=O)NC(C)C.C=CCC(C)C. The standard InChI is InChI=1S/C6H11NO.C6H12/c1-4-6(8)7-5(2)3;1-4-5-6(2)3/h4-5H,1H2,2-3H3,(H,7,8);4,6H,1,5H2,2-3H3. The lowest BCUT2D eigenvalue weighted by Gasteiger charge is -2.02. The van der Waals surface area contributed by atoms with E-state index in [9.17, 15) is 4.79 Å². The summed E-state index contributed by atoms with van der Waals surface area (Å²) in [6.45, 7) is 15.1. The molecule has 0 aliphatic rings. The number of nitrogens with one attached hydrogen (secondary N) is 1. The molecule has 0 atom stereocenters. The Bertz CT molecular complexity index is 171. The second-order valence-corrected chi connectivity index (χ2v) is 3.79. The van der Waals surface area contributed by atoms with Crippen molar-refractivity contribution in [3.8, 4) is 0 Å². The van der Waals surface area contributed by atoms with Gasteiger partial charge in [-0.2, -0.15) is 0 Å². The van der Waals surface area contributed by atoms with E-state index in [-0.39, 0.29) is 11.9 Å². The Labute approximate surface area is 88.1 Å². The van der Waals surface area contributed by atoms with Crippen LogP contribution in [0.15, 0.2) is 25.3 Å². The van der Waals surface area contributed by atoms with Gasteiger partial charge in [0.25, 0.3) is 0 Å². The highest BCUT2D eigenvalue weighted by atomic mass is 16.1. The summed E-state index contributed by atoms with van der Waals surface area (Å²) in [7, 11) is 0. The average Bonchev–Trinajstić information content (AvgIpc) is 2.03. The van der Waals surface area contributed by atoms with E-state index in [1.165, 1.54) is 6.08 Å². The van der Waals surface area contributed by atoms with Crippen molar-refractivity contribution in [2.24, 2.45) is 5.92 Å². The maximum absolute atomic E-state index is 10.4. The molecular weight excluding hydrogens is 174 g/mol. The molecule has 0 saturated heterocycles. The maximum Gasteiger partial charge on any atom is 0.243 e. The summed E-state index contributed by atoms with van der Waals surface area (Å²) in [5.74, 6) is 0.669. The molecule has 1 amide bonds. The number of rotatable bonds is 4. The third-order valence-corrected chi connectivity index (χ3v) is 1.25. The summed E-state index contributed by atoms with van der Waals surface area (Å²) >= 11 is 0. The van der Waals surface area contributed by atoms with Gasteiger partial charge < -0.3 is 5.32 Å². The molecule has 0 aliphatic heterocycles. The highest BCUT2D eigenvalue weighted by molar-refractivity contribution is 5.86. The van der Waals surface area contributed by atoms with Crippen molar-refractivity contribution in [2.45, 2.75) is 40.2 Å². The summed E-state index contributed by atoms with van der Waals surface area (Å²) in [6, 6.07) is 0.209. The van der Waals surface area contributed by atoms with Crippen LogP contribution in [0.5, 0.6) is 0 Å². The largest absolute Gasteiger partial charge is 0.350 e. The first-order valence-corrected chi connectivity index (χ1v) is 4.97. The summed E-state index contributed by atoms with van der Waals surface area (Å²) in [5.41, 5.74) is 0. The van der Waals surface area contributed by atoms with Crippen LogP contribution in [0.4, 0.5) is 0 Å². The zero-order valence-electron chi connectivity index (χ0n) is 9.84. The molecule has 14 heavy (non-hydrogen) atoms. The van der Waals surface area contributed by atoms with E-state index >= 15 is 0 Å². The monoisotopic (exact) mass is 197 g/mol. The normalized spacial score (nSPS) is 9.00. The molecule has 0 aromatic carbocycles. The second-order valence-electron chi connectivity index (χ2n) is 3.79. The molecule has 1 N–H and O–H groups in total. The van der Waals surface area contributed by atoms with Gasteiger partial charge in [0.2, 0.25) is 5.91 Å². The number of allylic oxidation sites excluding steroid dienone is 1. The number of amides is 1. The van der Waals surface area contributed by atoms with Crippen LogP contribution < -0.4 is 5.32 Å². The van der Waals surface area contributed by atoms with Gasteiger partial charge in [0.15, 0.2) is 0 Å². The van der Waals surface area contributed by atoms with Crippen LogP contribution >= 0.6 is 0 Å². The minimum Gasteiger partial charge on any atom is -0.350 e. The summed E-state index contributed by atoms with van der Waals surface area (Å²) in [6.07, 6.45) is 4.35. The fourth-order valence-corrected chi connectivity index (χ4v) is 0.677. The number of hydrogen-bond donors (Lipinski definition) is 1. The number of carbonyl (C=O) groups is 1. The lowest BCUT2D eigenvalue weighted by Crippen LogP contribution is -2.27. The molecule has 0 bridgehead atoms. The van der Waals surface area contributed by atoms with Gasteiger partial charge in [-0.05, 0) is 32.3 Å². The fraction of sp³-hybridized carbons (Fsp3) is 0.583. The molecule has 0 saturated carbocycles. The van der Waals surface area contributed by atoms with Crippen LogP contribution in [0.2, 0.25) is 0 Å². The molecule has 0 rings (SSSR count). The first-order valence-electron chi connectivity index (χ1n) is 4.97. The molecule has 0 radical (unpaired) electrons. The predicted molar refractivity (Wildman–Crippen MR) is 63.1 cm³/mol. The summed E-state index contributed by atoms with van der Waals surface area (Å²) in [5, 5.41) is 2.64. The maximum atomic E-state index is 10.4. The van der Waals surface area contributed by atoms with Crippen molar-refractivity contribution in [3.63, 3.8) is 0 Å². The van der Waals surface area contributed by atoms with Crippen molar-refractivity contribution in [2.75, 3.05) is 0 Å². The molecule has 0 heterocycles. The molecule has 2 heteroatoms. The Hall–Kier alpha value is -1.05. The third-order valence-electron chi connectivity index (χ3n) is 1.25. The Morgan fingerprint density at radius 3 is 1.86 bits per heavy atom. The van der Waals surface area contributed by atoms with Gasteiger partial charge in [0, 0.05) is 6.04 Å². The molecule has 0 aromatic rings. The van der Waals surface area contributed by atoms with Gasteiger partial charge in [-0.25, -0.2) is 0 Å². The first kappa shape index (κ1) is 15.4. The van der Waals surface area contributed by atoms with Gasteiger partial charge in [-0.15, -0.1) is 6.58 Å². The molecule has 0 spiro atoms. The molecule has 82 valence electrons. The van der Waals surface area contributed by atoms with E-state index < -0.39 is 0 Å². The molecule has 0 unspecified atom stereocenters. The zero-order valence-corrected chi connectivity index (χ0v) is 9.84. The quantitative estimate of drug-likeness (QED) is 0.545. The predicted octanol–water partition coefficient (Wildman–Crippen LogP) is 2.92. The third kappa shape index (κ3) is 17.2. The van der Waals surface area contributed by atoms with Crippen LogP contribution in [0.1, 0.15) is 34.1 Å². The van der Waals surface area contributed by atoms with Gasteiger partial charge >= 0.3 is 0 Å². The smallest absolute Gasteiger partial charge is 0.243 e. The summed E-state index contributed by atoms with van der Waals surface area (Å²) in [4.78, 5) is 10.4. The van der Waals surface area contributed by atoms with Gasteiger partial charge in [-0.1, -0.05) is 26.5 Å². The molecule has 0 aliphatic carbocycles. The topological polar surface area (TPSA) is 29.1 Å². The van der Waals surface area contributed by atoms with Crippen molar-refractivity contribution >= 4 is 5.91 Å². The Morgan fingerprint density at radius 2 is 1.79 bits per heavy atom. The second kappa shape index (κ2) is 10.0. The van der Waals surface area contributed by atoms with E-state index in [1.807, 2.05) is 19.9 Å². The van der Waals surface area contributed by atoms with Gasteiger partial charge in [-0.3, -0.25) is 4.79 Å². The van der Waals surface area contributed by atoms with Crippen LogP contribution in [0.3, 0.4) is 0 Å². The van der Waals surface area contributed by atoms with Crippen molar-refractivity contribution in [1.82, 2.24) is 5.32 Å². The lowest BCUT2D eigenvalue weighted by molar-refractivity contribution is -0.116. The first-order chi connectivity index (χ1) is 6.43. The van der Waals surface area contributed by atoms with Crippen molar-refractivity contribution in [3.05, 3.63) is 25.3 Å².